The van der Waals surface area contributed by atoms with Crippen LogP contribution in [0.1, 0.15) is 11.1 Å². The van der Waals surface area contributed by atoms with Gasteiger partial charge in [-0.3, -0.25) is 0 Å². The largest absolute Gasteiger partial charge is 0.493 e. The van der Waals surface area contributed by atoms with E-state index in [-0.39, 0.29) is 0 Å². The van der Waals surface area contributed by atoms with Crippen molar-refractivity contribution in [1.29, 1.82) is 0 Å². The molecule has 4 heteroatoms. The summed E-state index contributed by atoms with van der Waals surface area (Å²) in [7, 11) is 1.64. The molecular formula is C18H20ClNO2. The van der Waals surface area contributed by atoms with Crippen LogP contribution in [0.4, 0.5) is 0 Å². The summed E-state index contributed by atoms with van der Waals surface area (Å²) in [6.07, 6.45) is 4.77. The van der Waals surface area contributed by atoms with Crippen molar-refractivity contribution in [3.8, 4) is 11.5 Å². The number of rotatable bonds is 7. The number of hydrogen-bond acceptors (Lipinski definition) is 3. The number of ether oxygens (including phenoxy) is 2. The van der Waals surface area contributed by atoms with Crippen LogP contribution in [0.3, 0.4) is 0 Å². The van der Waals surface area contributed by atoms with E-state index < -0.39 is 0 Å². The standard InChI is InChI=1S/C18H20ClNO2/c1-21-18-13-15(10-11-20)6-9-17(18)22-12-2-3-14-4-7-16(19)8-5-14/h2-9,13H,10-12,20H2,1H3. The summed E-state index contributed by atoms with van der Waals surface area (Å²) in [6.45, 7) is 1.09. The summed E-state index contributed by atoms with van der Waals surface area (Å²) in [5.74, 6) is 1.45. The fourth-order valence-electron chi connectivity index (χ4n) is 2.05. The highest BCUT2D eigenvalue weighted by molar-refractivity contribution is 6.30. The molecule has 116 valence electrons. The molecule has 22 heavy (non-hydrogen) atoms. The van der Waals surface area contributed by atoms with Crippen LogP contribution in [0.2, 0.25) is 5.02 Å². The van der Waals surface area contributed by atoms with Gasteiger partial charge in [0.2, 0.25) is 0 Å². The first-order valence-corrected chi connectivity index (χ1v) is 7.52. The van der Waals surface area contributed by atoms with Gasteiger partial charge in [-0.25, -0.2) is 0 Å². The first kappa shape index (κ1) is 16.4. The average Bonchev–Trinajstić information content (AvgIpc) is 2.54. The molecule has 2 aromatic carbocycles. The van der Waals surface area contributed by atoms with E-state index in [1.54, 1.807) is 7.11 Å². The number of halogens is 1. The first-order valence-electron chi connectivity index (χ1n) is 7.15. The molecule has 3 nitrogen and oxygen atoms in total. The van der Waals surface area contributed by atoms with E-state index in [2.05, 4.69) is 0 Å². The highest BCUT2D eigenvalue weighted by Gasteiger charge is 2.04. The summed E-state index contributed by atoms with van der Waals surface area (Å²) in [5.41, 5.74) is 7.79. The molecule has 0 saturated carbocycles. The molecule has 0 aliphatic heterocycles. The van der Waals surface area contributed by atoms with E-state index in [4.69, 9.17) is 26.8 Å². The van der Waals surface area contributed by atoms with E-state index >= 15 is 0 Å². The SMILES string of the molecule is COc1cc(CCN)ccc1OCC=Cc1ccc(Cl)cc1. The van der Waals surface area contributed by atoms with E-state index in [0.29, 0.717) is 13.2 Å². The van der Waals surface area contributed by atoms with Crippen molar-refractivity contribution in [3.63, 3.8) is 0 Å². The minimum Gasteiger partial charge on any atom is -0.493 e. The number of nitrogens with two attached hydrogens (primary N) is 1. The number of benzene rings is 2. The highest BCUT2D eigenvalue weighted by atomic mass is 35.5. The fraction of sp³-hybridized carbons (Fsp3) is 0.222. The Morgan fingerprint density at radius 1 is 1.09 bits per heavy atom. The zero-order valence-corrected chi connectivity index (χ0v) is 13.3. The Balaban J connectivity index is 1.94. The molecular weight excluding hydrogens is 298 g/mol. The zero-order valence-electron chi connectivity index (χ0n) is 12.6. The van der Waals surface area contributed by atoms with Gasteiger partial charge in [-0.05, 0) is 54.4 Å². The van der Waals surface area contributed by atoms with Crippen LogP contribution >= 0.6 is 11.6 Å². The number of methoxy groups -OCH3 is 1. The van der Waals surface area contributed by atoms with Gasteiger partial charge >= 0.3 is 0 Å². The molecule has 0 radical (unpaired) electrons. The Morgan fingerprint density at radius 2 is 1.86 bits per heavy atom. The lowest BCUT2D eigenvalue weighted by Crippen LogP contribution is -2.03. The Hall–Kier alpha value is -1.97. The molecule has 2 N–H and O–H groups in total. The second-order valence-electron chi connectivity index (χ2n) is 4.79. The van der Waals surface area contributed by atoms with Crippen LogP contribution in [-0.2, 0) is 6.42 Å². The monoisotopic (exact) mass is 317 g/mol. The summed E-state index contributed by atoms with van der Waals surface area (Å²) < 4.78 is 11.1. The molecule has 0 bridgehead atoms. The summed E-state index contributed by atoms with van der Waals surface area (Å²) in [4.78, 5) is 0. The molecule has 0 atom stereocenters. The molecule has 0 saturated heterocycles. The van der Waals surface area contributed by atoms with Crippen molar-refractivity contribution in [3.05, 3.63) is 64.7 Å². The fourth-order valence-corrected chi connectivity index (χ4v) is 2.18. The third kappa shape index (κ3) is 4.79. The maximum absolute atomic E-state index is 5.85. The summed E-state index contributed by atoms with van der Waals surface area (Å²) in [6, 6.07) is 13.5. The van der Waals surface area contributed by atoms with Crippen molar-refractivity contribution < 1.29 is 9.47 Å². The average molecular weight is 318 g/mol. The second kappa shape index (κ2) is 8.47. The third-order valence-electron chi connectivity index (χ3n) is 3.18. The summed E-state index contributed by atoms with van der Waals surface area (Å²) in [5, 5.41) is 0.732. The van der Waals surface area contributed by atoms with Gasteiger partial charge in [0.15, 0.2) is 11.5 Å². The van der Waals surface area contributed by atoms with Crippen molar-refractivity contribution in [2.75, 3.05) is 20.3 Å². The molecule has 0 heterocycles. The Labute approximate surface area is 136 Å². The maximum atomic E-state index is 5.85. The van der Waals surface area contributed by atoms with E-state index in [0.717, 1.165) is 34.1 Å². The van der Waals surface area contributed by atoms with Crippen molar-refractivity contribution in [1.82, 2.24) is 0 Å². The summed E-state index contributed by atoms with van der Waals surface area (Å²) >= 11 is 5.85. The smallest absolute Gasteiger partial charge is 0.161 e. The van der Waals surface area contributed by atoms with Crippen LogP contribution in [0, 0.1) is 0 Å². The predicted octanol–water partition coefficient (Wildman–Crippen LogP) is 3.94. The van der Waals surface area contributed by atoms with Crippen molar-refractivity contribution >= 4 is 17.7 Å². The Bertz CT molecular complexity index is 623. The van der Waals surface area contributed by atoms with E-state index in [1.165, 1.54) is 0 Å². The molecule has 0 aliphatic carbocycles. The molecule has 2 aromatic rings. The molecule has 0 aromatic heterocycles. The van der Waals surface area contributed by atoms with Crippen LogP contribution in [-0.4, -0.2) is 20.3 Å². The number of hydrogen-bond donors (Lipinski definition) is 1. The molecule has 0 unspecified atom stereocenters. The van der Waals surface area contributed by atoms with Gasteiger partial charge in [-0.2, -0.15) is 0 Å². The lowest BCUT2D eigenvalue weighted by atomic mass is 10.1. The molecule has 0 spiro atoms. The van der Waals surface area contributed by atoms with Gasteiger partial charge in [-0.1, -0.05) is 35.9 Å². The third-order valence-corrected chi connectivity index (χ3v) is 3.43. The lowest BCUT2D eigenvalue weighted by molar-refractivity contribution is 0.326. The molecule has 0 amide bonds. The van der Waals surface area contributed by atoms with Crippen molar-refractivity contribution in [2.45, 2.75) is 6.42 Å². The molecule has 2 rings (SSSR count). The van der Waals surface area contributed by atoms with Crippen LogP contribution in [0.5, 0.6) is 11.5 Å². The van der Waals surface area contributed by atoms with Gasteiger partial charge in [0, 0.05) is 5.02 Å². The van der Waals surface area contributed by atoms with Crippen LogP contribution in [0.25, 0.3) is 6.08 Å². The maximum Gasteiger partial charge on any atom is 0.161 e. The van der Waals surface area contributed by atoms with E-state index in [9.17, 15) is 0 Å². The minimum absolute atomic E-state index is 0.467. The normalized spacial score (nSPS) is 10.9. The highest BCUT2D eigenvalue weighted by Crippen LogP contribution is 2.28. The second-order valence-corrected chi connectivity index (χ2v) is 5.23. The predicted molar refractivity (Wildman–Crippen MR) is 91.7 cm³/mol. The van der Waals surface area contributed by atoms with E-state index in [1.807, 2.05) is 54.6 Å². The van der Waals surface area contributed by atoms with Crippen molar-refractivity contribution in [2.24, 2.45) is 5.73 Å². The molecule has 0 aliphatic rings. The quantitative estimate of drug-likeness (QED) is 0.841. The Kier molecular flexibility index (Phi) is 6.31. The van der Waals surface area contributed by atoms with Gasteiger partial charge in [0.05, 0.1) is 7.11 Å². The van der Waals surface area contributed by atoms with Crippen LogP contribution < -0.4 is 15.2 Å². The molecule has 0 fully saturated rings. The van der Waals surface area contributed by atoms with Gasteiger partial charge in [-0.15, -0.1) is 0 Å². The van der Waals surface area contributed by atoms with Crippen LogP contribution in [0.15, 0.2) is 48.5 Å². The lowest BCUT2D eigenvalue weighted by Gasteiger charge is -2.10. The van der Waals surface area contributed by atoms with Gasteiger partial charge < -0.3 is 15.2 Å². The van der Waals surface area contributed by atoms with Gasteiger partial charge in [0.25, 0.3) is 0 Å². The minimum atomic E-state index is 0.467. The van der Waals surface area contributed by atoms with Gasteiger partial charge in [0.1, 0.15) is 6.61 Å². The Morgan fingerprint density at radius 3 is 2.55 bits per heavy atom. The topological polar surface area (TPSA) is 44.5 Å². The first-order chi connectivity index (χ1) is 10.7. The zero-order chi connectivity index (χ0) is 15.8.